The number of carbonyl (C=O) groups is 4. The molecule has 3 N–H and O–H groups in total. The molecule has 6 atom stereocenters. The Morgan fingerprint density at radius 2 is 1.42 bits per heavy atom. The average molecular weight is 426 g/mol. The summed E-state index contributed by atoms with van der Waals surface area (Å²) in [6, 6.07) is 2.87. The first-order valence-electron chi connectivity index (χ1n) is 10.2. The first kappa shape index (κ1) is 19.6. The van der Waals surface area contributed by atoms with Crippen LogP contribution in [0.15, 0.2) is 23.8 Å². The van der Waals surface area contributed by atoms with Crippen LogP contribution in [0.4, 0.5) is 0 Å². The first-order chi connectivity index (χ1) is 14.8. The Bertz CT molecular complexity index is 1040. The van der Waals surface area contributed by atoms with Crippen LogP contribution in [0, 0.1) is 29.6 Å². The summed E-state index contributed by atoms with van der Waals surface area (Å²) in [6.45, 7) is 0. The van der Waals surface area contributed by atoms with Crippen LogP contribution in [0.3, 0.4) is 0 Å². The molecule has 0 radical (unpaired) electrons. The third kappa shape index (κ3) is 2.68. The minimum Gasteiger partial charge on any atom is -0.508 e. The average Bonchev–Trinajstić information content (AvgIpc) is 3.20. The van der Waals surface area contributed by atoms with E-state index >= 15 is 0 Å². The fraction of sp³-hybridized carbons (Fsp3) is 0.455. The normalized spacial score (nSPS) is 33.7. The van der Waals surface area contributed by atoms with Gasteiger partial charge in [0, 0.05) is 23.6 Å². The van der Waals surface area contributed by atoms with Gasteiger partial charge in [0.15, 0.2) is 0 Å². The van der Waals surface area contributed by atoms with Crippen LogP contribution in [0.1, 0.15) is 24.3 Å². The fourth-order valence-electron chi connectivity index (χ4n) is 5.96. The number of ether oxygens (including phenoxy) is 2. The molecule has 2 saturated heterocycles. The number of phenols is 1. The highest BCUT2D eigenvalue weighted by atomic mass is 16.5. The molecule has 1 aromatic rings. The van der Waals surface area contributed by atoms with Crippen molar-refractivity contribution in [2.24, 2.45) is 29.6 Å². The van der Waals surface area contributed by atoms with Crippen molar-refractivity contribution in [2.75, 3.05) is 14.2 Å². The zero-order chi connectivity index (χ0) is 22.0. The Morgan fingerprint density at radius 1 is 0.839 bits per heavy atom. The van der Waals surface area contributed by atoms with Crippen molar-refractivity contribution in [1.29, 1.82) is 0 Å². The number of phenolic OH excluding ortho intramolecular Hbond substituents is 1. The van der Waals surface area contributed by atoms with E-state index in [1.807, 2.05) is 6.08 Å². The molecule has 2 heterocycles. The predicted octanol–water partition coefficient (Wildman–Crippen LogP) is 0.621. The van der Waals surface area contributed by atoms with E-state index in [9.17, 15) is 24.3 Å². The molecule has 1 aromatic carbocycles. The third-order valence-corrected chi connectivity index (χ3v) is 7.17. The number of amides is 4. The van der Waals surface area contributed by atoms with Crippen molar-refractivity contribution in [1.82, 2.24) is 10.6 Å². The number of aromatic hydroxyl groups is 1. The molecule has 31 heavy (non-hydrogen) atoms. The molecule has 162 valence electrons. The zero-order valence-electron chi connectivity index (χ0n) is 17.0. The van der Waals surface area contributed by atoms with Gasteiger partial charge in [-0.1, -0.05) is 11.6 Å². The summed E-state index contributed by atoms with van der Waals surface area (Å²) in [6.07, 6.45) is 2.61. The summed E-state index contributed by atoms with van der Waals surface area (Å²) < 4.78 is 11.0. The van der Waals surface area contributed by atoms with Crippen LogP contribution in [0.25, 0.3) is 0 Å². The Balaban J connectivity index is 1.73. The second-order valence-electron chi connectivity index (χ2n) is 8.50. The molecule has 3 fully saturated rings. The number of nitrogens with one attached hydrogen (secondary N) is 2. The van der Waals surface area contributed by atoms with Crippen LogP contribution in [-0.2, 0) is 19.2 Å². The van der Waals surface area contributed by atoms with Crippen LogP contribution in [-0.4, -0.2) is 43.0 Å². The Kier molecular flexibility index (Phi) is 4.32. The predicted molar refractivity (Wildman–Crippen MR) is 105 cm³/mol. The summed E-state index contributed by atoms with van der Waals surface area (Å²) in [4.78, 5) is 50.4. The largest absolute Gasteiger partial charge is 0.508 e. The van der Waals surface area contributed by atoms with E-state index in [4.69, 9.17) is 9.47 Å². The van der Waals surface area contributed by atoms with Gasteiger partial charge in [-0.3, -0.25) is 29.8 Å². The van der Waals surface area contributed by atoms with Crippen LogP contribution >= 0.6 is 0 Å². The highest BCUT2D eigenvalue weighted by molar-refractivity contribution is 6.07. The molecule has 1 saturated carbocycles. The molecule has 0 spiro atoms. The summed E-state index contributed by atoms with van der Waals surface area (Å²) in [5, 5.41) is 14.9. The van der Waals surface area contributed by atoms with Crippen molar-refractivity contribution >= 4 is 23.6 Å². The number of rotatable bonds is 3. The number of allylic oxidation sites excluding steroid dienone is 2. The number of hydrogen-bond donors (Lipinski definition) is 3. The van der Waals surface area contributed by atoms with Crippen molar-refractivity contribution in [3.63, 3.8) is 0 Å². The Hall–Kier alpha value is -3.36. The highest BCUT2D eigenvalue weighted by Gasteiger charge is 2.59. The highest BCUT2D eigenvalue weighted by Crippen LogP contribution is 2.58. The molecule has 4 aliphatic rings. The van der Waals surface area contributed by atoms with E-state index in [2.05, 4.69) is 10.6 Å². The lowest BCUT2D eigenvalue weighted by atomic mass is 9.57. The smallest absolute Gasteiger partial charge is 0.231 e. The maximum Gasteiger partial charge on any atom is 0.231 e. The van der Waals surface area contributed by atoms with Gasteiger partial charge in [-0.15, -0.1) is 0 Å². The van der Waals surface area contributed by atoms with E-state index in [0.29, 0.717) is 29.9 Å². The van der Waals surface area contributed by atoms with Crippen molar-refractivity contribution in [3.05, 3.63) is 29.3 Å². The molecule has 0 bridgehead atoms. The number of imide groups is 2. The van der Waals surface area contributed by atoms with E-state index in [1.165, 1.54) is 26.4 Å². The lowest BCUT2D eigenvalue weighted by Gasteiger charge is -2.44. The quantitative estimate of drug-likeness (QED) is 0.477. The van der Waals surface area contributed by atoms with Gasteiger partial charge >= 0.3 is 0 Å². The van der Waals surface area contributed by atoms with Gasteiger partial charge in [0.1, 0.15) is 17.2 Å². The molecule has 0 aromatic heterocycles. The SMILES string of the molecule is COc1cc(O)cc(OC)c1C1C2=CCC3C(=O)NC(=O)C3C2CC2C(=O)NC(=O)C21. The molecule has 2 aliphatic heterocycles. The summed E-state index contributed by atoms with van der Waals surface area (Å²) >= 11 is 0. The van der Waals surface area contributed by atoms with Crippen molar-refractivity contribution in [2.45, 2.75) is 18.8 Å². The van der Waals surface area contributed by atoms with Gasteiger partial charge in [-0.25, -0.2) is 0 Å². The van der Waals surface area contributed by atoms with Gasteiger partial charge in [0.25, 0.3) is 0 Å². The van der Waals surface area contributed by atoms with Crippen LogP contribution in [0.2, 0.25) is 0 Å². The number of benzene rings is 1. The molecular formula is C22H22N2O7. The van der Waals surface area contributed by atoms with Gasteiger partial charge in [0.05, 0.1) is 37.9 Å². The van der Waals surface area contributed by atoms with E-state index in [-0.39, 0.29) is 35.3 Å². The summed E-state index contributed by atoms with van der Waals surface area (Å²) in [5.74, 6) is -4.14. The van der Waals surface area contributed by atoms with Gasteiger partial charge in [-0.05, 0) is 18.8 Å². The van der Waals surface area contributed by atoms with Gasteiger partial charge in [-0.2, -0.15) is 0 Å². The van der Waals surface area contributed by atoms with Crippen LogP contribution in [0.5, 0.6) is 17.2 Å². The second-order valence-corrected chi connectivity index (χ2v) is 8.50. The standard InChI is InChI=1S/C22H22N2O7/c1-30-13-5-8(25)6-14(31-2)18(13)16-9-3-4-10-15(21(28)23-19(10)26)11(9)7-12-17(16)22(29)24-20(12)27/h3,5-6,10-12,15-17,25H,4,7H2,1-2H3,(H,23,26,28)(H,24,27,29). The molecule has 6 unspecified atom stereocenters. The van der Waals surface area contributed by atoms with E-state index in [0.717, 1.165) is 5.57 Å². The lowest BCUT2D eigenvalue weighted by Crippen LogP contribution is -2.43. The number of hydrogen-bond acceptors (Lipinski definition) is 7. The van der Waals surface area contributed by atoms with Crippen LogP contribution < -0.4 is 20.1 Å². The topological polar surface area (TPSA) is 131 Å². The Labute approximate surface area is 177 Å². The summed E-state index contributed by atoms with van der Waals surface area (Å²) in [5.41, 5.74) is 1.38. The monoisotopic (exact) mass is 426 g/mol. The molecule has 2 aliphatic carbocycles. The fourth-order valence-corrected chi connectivity index (χ4v) is 5.96. The van der Waals surface area contributed by atoms with E-state index in [1.54, 1.807) is 0 Å². The molecule has 5 rings (SSSR count). The number of methoxy groups -OCH3 is 2. The minimum absolute atomic E-state index is 0.0632. The summed E-state index contributed by atoms with van der Waals surface area (Å²) in [7, 11) is 2.90. The second kappa shape index (κ2) is 6.83. The lowest BCUT2D eigenvalue weighted by molar-refractivity contribution is -0.128. The van der Waals surface area contributed by atoms with Crippen molar-refractivity contribution < 1.29 is 33.8 Å². The van der Waals surface area contributed by atoms with Gasteiger partial charge < -0.3 is 14.6 Å². The number of fused-ring (bicyclic) bond motifs is 4. The van der Waals surface area contributed by atoms with Gasteiger partial charge in [0.2, 0.25) is 23.6 Å². The molecule has 9 nitrogen and oxygen atoms in total. The zero-order valence-corrected chi connectivity index (χ0v) is 17.0. The molecule has 9 heteroatoms. The molecule has 4 amide bonds. The maximum atomic E-state index is 12.9. The van der Waals surface area contributed by atoms with E-state index < -0.39 is 29.6 Å². The minimum atomic E-state index is -0.695. The third-order valence-electron chi connectivity index (χ3n) is 7.17. The first-order valence-corrected chi connectivity index (χ1v) is 10.2. The maximum absolute atomic E-state index is 12.9. The Morgan fingerprint density at radius 3 is 2.03 bits per heavy atom. The molecular weight excluding hydrogens is 404 g/mol. The van der Waals surface area contributed by atoms with Crippen molar-refractivity contribution in [3.8, 4) is 17.2 Å². The number of carbonyl (C=O) groups excluding carboxylic acids is 4.